The largest absolute Gasteiger partial charge is 0.461 e. The Labute approximate surface area is 177 Å². The van der Waals surface area contributed by atoms with Crippen LogP contribution < -0.4 is 5.32 Å². The maximum atomic E-state index is 11.7. The molecule has 7 nitrogen and oxygen atoms in total. The topological polar surface area (TPSA) is 80.5 Å². The Kier molecular flexibility index (Phi) is 5.56. The molecule has 0 aromatic carbocycles. The molecule has 0 unspecified atom stereocenters. The summed E-state index contributed by atoms with van der Waals surface area (Å²) in [4.78, 5) is 23.1. The number of fused-ring (bicyclic) bond motifs is 1. The van der Waals surface area contributed by atoms with Crippen molar-refractivity contribution in [2.45, 2.75) is 51.3 Å². The summed E-state index contributed by atoms with van der Waals surface area (Å²) in [5, 5.41) is 3.16. The minimum atomic E-state index is 0.0436. The van der Waals surface area contributed by atoms with E-state index in [2.05, 4.69) is 20.2 Å². The van der Waals surface area contributed by atoms with Crippen LogP contribution in [0.3, 0.4) is 0 Å². The number of likely N-dealkylation sites (tertiary alicyclic amines) is 1. The molecule has 0 bridgehead atoms. The Morgan fingerprint density at radius 1 is 1.23 bits per heavy atom. The zero-order valence-corrected chi connectivity index (χ0v) is 17.5. The van der Waals surface area contributed by atoms with Crippen LogP contribution in [0.25, 0.3) is 11.6 Å². The molecule has 1 aliphatic heterocycles. The van der Waals surface area contributed by atoms with E-state index >= 15 is 0 Å². The molecule has 2 saturated carbocycles. The number of nitrogens with one attached hydrogen (secondary N) is 1. The van der Waals surface area contributed by atoms with Crippen molar-refractivity contribution >= 4 is 5.91 Å². The number of carbonyl (C=O) groups is 1. The number of nitrogens with zero attached hydrogens (tertiary/aromatic N) is 3. The molecule has 1 amide bonds. The van der Waals surface area contributed by atoms with E-state index < -0.39 is 0 Å². The normalized spacial score (nSPS) is 29.0. The molecular formula is C23H30N4O3. The monoisotopic (exact) mass is 410 g/mol. The van der Waals surface area contributed by atoms with Crippen molar-refractivity contribution in [3.8, 4) is 11.6 Å². The van der Waals surface area contributed by atoms with Gasteiger partial charge in [-0.3, -0.25) is 9.69 Å². The third-order valence-corrected chi connectivity index (χ3v) is 6.68. The van der Waals surface area contributed by atoms with Gasteiger partial charge in [0.1, 0.15) is 0 Å². The van der Waals surface area contributed by atoms with Crippen LogP contribution in [-0.2, 0) is 16.1 Å². The quantitative estimate of drug-likeness (QED) is 0.756. The first-order valence-corrected chi connectivity index (χ1v) is 11.1. The smallest absolute Gasteiger partial charge is 0.217 e. The number of rotatable bonds is 7. The lowest BCUT2D eigenvalue weighted by Crippen LogP contribution is -2.50. The summed E-state index contributed by atoms with van der Waals surface area (Å²) in [6, 6.07) is 3.85. The molecule has 3 aliphatic rings. The zero-order chi connectivity index (χ0) is 20.5. The Morgan fingerprint density at radius 2 is 2.00 bits per heavy atom. The molecule has 3 fully saturated rings. The summed E-state index contributed by atoms with van der Waals surface area (Å²) >= 11 is 0. The molecule has 5 rings (SSSR count). The van der Waals surface area contributed by atoms with Gasteiger partial charge in [0.25, 0.3) is 0 Å². The molecule has 2 aliphatic carbocycles. The van der Waals surface area contributed by atoms with Gasteiger partial charge in [-0.2, -0.15) is 0 Å². The zero-order valence-electron chi connectivity index (χ0n) is 17.5. The Balaban J connectivity index is 1.20. The molecule has 4 atom stereocenters. The lowest BCUT2D eigenvalue weighted by atomic mass is 9.77. The van der Waals surface area contributed by atoms with Gasteiger partial charge in [0.15, 0.2) is 11.6 Å². The number of furan rings is 1. The Bertz CT molecular complexity index is 850. The maximum absolute atomic E-state index is 11.7. The van der Waals surface area contributed by atoms with E-state index in [1.54, 1.807) is 13.2 Å². The van der Waals surface area contributed by atoms with Crippen molar-refractivity contribution < 1.29 is 13.9 Å². The fraction of sp³-hybridized carbons (Fsp3) is 0.609. The number of carbonyl (C=O) groups excluding carboxylic acids is 1. The number of ether oxygens (including phenoxy) is 1. The number of hydrogen-bond acceptors (Lipinski definition) is 6. The average molecular weight is 411 g/mol. The van der Waals surface area contributed by atoms with Crippen LogP contribution in [0.15, 0.2) is 35.2 Å². The van der Waals surface area contributed by atoms with E-state index in [9.17, 15) is 4.79 Å². The van der Waals surface area contributed by atoms with Gasteiger partial charge in [0.2, 0.25) is 5.91 Å². The lowest BCUT2D eigenvalue weighted by Gasteiger charge is -2.38. The maximum Gasteiger partial charge on any atom is 0.217 e. The second kappa shape index (κ2) is 8.47. The molecule has 2 aromatic rings. The number of hydrogen-bond donors (Lipinski definition) is 1. The van der Waals surface area contributed by atoms with E-state index in [0.717, 1.165) is 50.6 Å². The standard InChI is InChI=1S/C23H30N4O3/c1-15(28)26-20-7-18-12-27(13-19(18)8-22(20)30-14-16-4-5-16)11-17-9-24-23(25-10-17)21-3-2-6-29-21/h2-3,6,9-10,16,18-20,22H,4-5,7-8,11-14H2,1H3,(H,26,28)/t18-,19+,20-,22-/m1/s1. The van der Waals surface area contributed by atoms with Crippen LogP contribution in [-0.4, -0.2) is 52.6 Å². The highest BCUT2D eigenvalue weighted by molar-refractivity contribution is 5.73. The van der Waals surface area contributed by atoms with E-state index in [1.807, 2.05) is 24.5 Å². The predicted octanol–water partition coefficient (Wildman–Crippen LogP) is 2.88. The van der Waals surface area contributed by atoms with E-state index in [1.165, 1.54) is 12.8 Å². The molecule has 2 aromatic heterocycles. The molecule has 30 heavy (non-hydrogen) atoms. The number of aromatic nitrogens is 2. The third-order valence-electron chi connectivity index (χ3n) is 6.68. The molecule has 160 valence electrons. The Morgan fingerprint density at radius 3 is 2.67 bits per heavy atom. The van der Waals surface area contributed by atoms with Crippen molar-refractivity contribution in [3.05, 3.63) is 36.4 Å². The van der Waals surface area contributed by atoms with E-state index in [4.69, 9.17) is 9.15 Å². The summed E-state index contributed by atoms with van der Waals surface area (Å²) < 4.78 is 11.6. The van der Waals surface area contributed by atoms with Gasteiger partial charge < -0.3 is 14.5 Å². The van der Waals surface area contributed by atoms with Gasteiger partial charge in [0.05, 0.1) is 18.4 Å². The van der Waals surface area contributed by atoms with Crippen molar-refractivity contribution in [1.82, 2.24) is 20.2 Å². The minimum Gasteiger partial charge on any atom is -0.461 e. The van der Waals surface area contributed by atoms with E-state index in [-0.39, 0.29) is 18.1 Å². The van der Waals surface area contributed by atoms with Crippen LogP contribution in [0.5, 0.6) is 0 Å². The van der Waals surface area contributed by atoms with Gasteiger partial charge in [-0.25, -0.2) is 9.97 Å². The highest BCUT2D eigenvalue weighted by atomic mass is 16.5. The summed E-state index contributed by atoms with van der Waals surface area (Å²) in [5.41, 5.74) is 1.11. The molecule has 1 N–H and O–H groups in total. The third kappa shape index (κ3) is 4.57. The molecule has 3 heterocycles. The molecule has 7 heteroatoms. The fourth-order valence-corrected chi connectivity index (χ4v) is 5.01. The predicted molar refractivity (Wildman–Crippen MR) is 111 cm³/mol. The van der Waals surface area contributed by atoms with Crippen LogP contribution in [0.2, 0.25) is 0 Å². The van der Waals surface area contributed by atoms with Gasteiger partial charge in [-0.15, -0.1) is 0 Å². The second-order valence-corrected chi connectivity index (χ2v) is 9.20. The van der Waals surface area contributed by atoms with Crippen molar-refractivity contribution in [3.63, 3.8) is 0 Å². The molecular weight excluding hydrogens is 380 g/mol. The van der Waals surface area contributed by atoms with Crippen LogP contribution >= 0.6 is 0 Å². The first-order chi connectivity index (χ1) is 14.6. The summed E-state index contributed by atoms with van der Waals surface area (Å²) in [5.74, 6) is 3.32. The molecule has 0 spiro atoms. The van der Waals surface area contributed by atoms with Crippen LogP contribution in [0.1, 0.15) is 38.2 Å². The van der Waals surface area contributed by atoms with Gasteiger partial charge in [-0.1, -0.05) is 0 Å². The lowest BCUT2D eigenvalue weighted by molar-refractivity contribution is -0.122. The first-order valence-electron chi connectivity index (χ1n) is 11.1. The summed E-state index contributed by atoms with van der Waals surface area (Å²) in [6.45, 7) is 5.43. The first kappa shape index (κ1) is 19.7. The van der Waals surface area contributed by atoms with E-state index in [0.29, 0.717) is 23.4 Å². The summed E-state index contributed by atoms with van der Waals surface area (Å²) in [6.07, 6.45) is 10.2. The average Bonchev–Trinajstić information content (AvgIpc) is 3.23. The second-order valence-electron chi connectivity index (χ2n) is 9.20. The Hall–Kier alpha value is -2.25. The highest BCUT2D eigenvalue weighted by Gasteiger charge is 2.43. The van der Waals surface area contributed by atoms with Gasteiger partial charge in [0, 0.05) is 51.1 Å². The molecule has 0 radical (unpaired) electrons. The van der Waals surface area contributed by atoms with Crippen LogP contribution in [0, 0.1) is 17.8 Å². The van der Waals surface area contributed by atoms with Crippen LogP contribution in [0.4, 0.5) is 0 Å². The van der Waals surface area contributed by atoms with Crippen molar-refractivity contribution in [2.24, 2.45) is 17.8 Å². The van der Waals surface area contributed by atoms with Crippen molar-refractivity contribution in [2.75, 3.05) is 19.7 Å². The number of amides is 1. The fourth-order valence-electron chi connectivity index (χ4n) is 5.01. The summed E-state index contributed by atoms with van der Waals surface area (Å²) in [7, 11) is 0. The molecule has 1 saturated heterocycles. The van der Waals surface area contributed by atoms with Gasteiger partial charge >= 0.3 is 0 Å². The SMILES string of the molecule is CC(=O)N[C@@H]1C[C@@H]2CN(Cc3cnc(-c4ccco4)nc3)C[C@@H]2C[C@H]1OCC1CC1. The van der Waals surface area contributed by atoms with Crippen molar-refractivity contribution in [1.29, 1.82) is 0 Å². The minimum absolute atomic E-state index is 0.0436. The highest BCUT2D eigenvalue weighted by Crippen LogP contribution is 2.39. The van der Waals surface area contributed by atoms with Gasteiger partial charge in [-0.05, 0) is 55.6 Å².